The summed E-state index contributed by atoms with van der Waals surface area (Å²) in [5, 5.41) is 7.00. The Morgan fingerprint density at radius 1 is 1.20 bits per heavy atom. The molecule has 0 atom stereocenters. The van der Waals surface area contributed by atoms with Crippen LogP contribution in [0.4, 0.5) is 0 Å². The van der Waals surface area contributed by atoms with Crippen molar-refractivity contribution >= 4 is 0 Å². The molecule has 0 saturated carbocycles. The Labute approximate surface area is 149 Å². The smallest absolute Gasteiger partial charge is 0.131 e. The molecule has 4 nitrogen and oxygen atoms in total. The number of aryl methyl sites for hydroxylation is 1. The Bertz CT molecular complexity index is 810. The standard InChI is InChI=1S/C21H24N3O/c1-16-7-4-5-8-17(16)13-20-19(18-14-22-23-15-18)9-6-10-21(20)25-12-11-24(2)3/h4-9,14-15H,11-13H2,1-3H3,(H,22,23). The van der Waals surface area contributed by atoms with Gasteiger partial charge in [0.1, 0.15) is 12.4 Å². The average molecular weight is 334 g/mol. The summed E-state index contributed by atoms with van der Waals surface area (Å²) in [4.78, 5) is 2.11. The third-order valence-corrected chi connectivity index (χ3v) is 4.29. The molecule has 3 rings (SSSR count). The first-order valence-corrected chi connectivity index (χ1v) is 8.50. The molecule has 1 aromatic heterocycles. The number of ether oxygens (including phenoxy) is 1. The second-order valence-electron chi connectivity index (χ2n) is 6.44. The van der Waals surface area contributed by atoms with Gasteiger partial charge in [-0.05, 0) is 43.8 Å². The lowest BCUT2D eigenvalue weighted by molar-refractivity contribution is 0.259. The molecule has 0 bridgehead atoms. The molecule has 1 N–H and O–H groups in total. The predicted octanol–water partition coefficient (Wildman–Crippen LogP) is 3.72. The second-order valence-corrected chi connectivity index (χ2v) is 6.44. The average Bonchev–Trinajstić information content (AvgIpc) is 3.12. The van der Waals surface area contributed by atoms with Gasteiger partial charge in [-0.3, -0.25) is 5.10 Å². The summed E-state index contributed by atoms with van der Waals surface area (Å²) in [5.41, 5.74) is 5.93. The molecule has 1 radical (unpaired) electrons. The van der Waals surface area contributed by atoms with Gasteiger partial charge in [0.05, 0.1) is 6.20 Å². The zero-order chi connectivity index (χ0) is 17.6. The SMILES string of the molecule is Cc1ccccc1Cc1c(OCCN(C)C)[c]ccc1-c1cn[nH]c1. The number of likely N-dealkylation sites (N-methyl/N-ethyl adjacent to an activating group) is 1. The minimum Gasteiger partial charge on any atom is -0.491 e. The van der Waals surface area contributed by atoms with E-state index in [1.807, 2.05) is 32.6 Å². The van der Waals surface area contributed by atoms with Crippen molar-refractivity contribution < 1.29 is 4.74 Å². The Balaban J connectivity index is 1.97. The fourth-order valence-corrected chi connectivity index (χ4v) is 2.81. The molecule has 0 aliphatic heterocycles. The Kier molecular flexibility index (Phi) is 5.51. The van der Waals surface area contributed by atoms with Crippen LogP contribution in [0.5, 0.6) is 5.75 Å². The largest absolute Gasteiger partial charge is 0.491 e. The molecular weight excluding hydrogens is 310 g/mol. The van der Waals surface area contributed by atoms with E-state index in [4.69, 9.17) is 4.74 Å². The minimum absolute atomic E-state index is 0.638. The van der Waals surface area contributed by atoms with E-state index in [0.717, 1.165) is 35.4 Å². The number of hydrogen-bond acceptors (Lipinski definition) is 3. The van der Waals surface area contributed by atoms with Crippen LogP contribution >= 0.6 is 0 Å². The van der Waals surface area contributed by atoms with Gasteiger partial charge in [-0.1, -0.05) is 30.3 Å². The zero-order valence-electron chi connectivity index (χ0n) is 15.0. The Morgan fingerprint density at radius 3 is 2.76 bits per heavy atom. The molecule has 1 heterocycles. The highest BCUT2D eigenvalue weighted by Gasteiger charge is 2.14. The number of benzene rings is 2. The molecule has 0 saturated heterocycles. The van der Waals surface area contributed by atoms with Crippen LogP contribution in [-0.4, -0.2) is 42.3 Å². The van der Waals surface area contributed by atoms with Crippen molar-refractivity contribution in [1.82, 2.24) is 15.1 Å². The lowest BCUT2D eigenvalue weighted by Gasteiger charge is -2.17. The van der Waals surface area contributed by atoms with Gasteiger partial charge >= 0.3 is 0 Å². The number of nitrogens with zero attached hydrogens (tertiary/aromatic N) is 2. The van der Waals surface area contributed by atoms with Crippen LogP contribution in [0.1, 0.15) is 16.7 Å². The van der Waals surface area contributed by atoms with Gasteiger partial charge in [0.15, 0.2) is 0 Å². The molecule has 0 fully saturated rings. The number of aromatic nitrogens is 2. The number of rotatable bonds is 7. The maximum atomic E-state index is 6.07. The molecule has 25 heavy (non-hydrogen) atoms. The minimum atomic E-state index is 0.638. The zero-order valence-corrected chi connectivity index (χ0v) is 15.0. The molecule has 2 aromatic carbocycles. The highest BCUT2D eigenvalue weighted by Crippen LogP contribution is 2.32. The molecule has 0 unspecified atom stereocenters. The van der Waals surface area contributed by atoms with E-state index in [0.29, 0.717) is 6.61 Å². The monoisotopic (exact) mass is 334 g/mol. The third-order valence-electron chi connectivity index (χ3n) is 4.29. The van der Waals surface area contributed by atoms with Crippen molar-refractivity contribution in [1.29, 1.82) is 0 Å². The number of aromatic amines is 1. The molecule has 0 aliphatic rings. The summed E-state index contributed by atoms with van der Waals surface area (Å²) in [6, 6.07) is 15.8. The van der Waals surface area contributed by atoms with Crippen LogP contribution in [0.2, 0.25) is 0 Å². The number of H-pyrrole nitrogens is 1. The van der Waals surface area contributed by atoms with Gasteiger partial charge in [0.2, 0.25) is 0 Å². The van der Waals surface area contributed by atoms with Gasteiger partial charge in [-0.2, -0.15) is 5.10 Å². The van der Waals surface area contributed by atoms with Crippen molar-refractivity contribution in [3.8, 4) is 16.9 Å². The summed E-state index contributed by atoms with van der Waals surface area (Å²) in [6.45, 7) is 3.65. The molecule has 0 amide bonds. The van der Waals surface area contributed by atoms with Crippen molar-refractivity contribution in [2.75, 3.05) is 27.2 Å². The molecule has 4 heteroatoms. The van der Waals surface area contributed by atoms with Crippen LogP contribution in [0.15, 0.2) is 48.8 Å². The number of nitrogens with one attached hydrogen (secondary N) is 1. The Morgan fingerprint density at radius 2 is 2.04 bits per heavy atom. The summed E-state index contributed by atoms with van der Waals surface area (Å²) >= 11 is 0. The van der Waals surface area contributed by atoms with Gasteiger partial charge in [0.25, 0.3) is 0 Å². The van der Waals surface area contributed by atoms with Crippen LogP contribution in [-0.2, 0) is 6.42 Å². The summed E-state index contributed by atoms with van der Waals surface area (Å²) in [5.74, 6) is 0.823. The van der Waals surface area contributed by atoms with E-state index >= 15 is 0 Å². The normalized spacial score (nSPS) is 11.0. The van der Waals surface area contributed by atoms with E-state index in [2.05, 4.69) is 58.4 Å². The van der Waals surface area contributed by atoms with Gasteiger partial charge < -0.3 is 9.64 Å². The molecule has 3 aromatic rings. The van der Waals surface area contributed by atoms with E-state index in [1.165, 1.54) is 11.1 Å². The maximum Gasteiger partial charge on any atom is 0.131 e. The highest BCUT2D eigenvalue weighted by atomic mass is 16.5. The van der Waals surface area contributed by atoms with E-state index in [-0.39, 0.29) is 0 Å². The van der Waals surface area contributed by atoms with Gasteiger partial charge in [0, 0.05) is 36.4 Å². The van der Waals surface area contributed by atoms with Crippen LogP contribution < -0.4 is 4.74 Å². The maximum absolute atomic E-state index is 6.07. The summed E-state index contributed by atoms with van der Waals surface area (Å²) in [7, 11) is 4.09. The van der Waals surface area contributed by atoms with Crippen LogP contribution in [0.3, 0.4) is 0 Å². The van der Waals surface area contributed by atoms with Gasteiger partial charge in [-0.25, -0.2) is 0 Å². The van der Waals surface area contributed by atoms with E-state index in [9.17, 15) is 0 Å². The highest BCUT2D eigenvalue weighted by molar-refractivity contribution is 5.69. The lowest BCUT2D eigenvalue weighted by atomic mass is 9.94. The first-order valence-electron chi connectivity index (χ1n) is 8.50. The summed E-state index contributed by atoms with van der Waals surface area (Å²) < 4.78 is 6.07. The lowest BCUT2D eigenvalue weighted by Crippen LogP contribution is -2.19. The van der Waals surface area contributed by atoms with E-state index < -0.39 is 0 Å². The first kappa shape index (κ1) is 17.2. The van der Waals surface area contributed by atoms with Crippen molar-refractivity contribution in [2.24, 2.45) is 0 Å². The van der Waals surface area contributed by atoms with Crippen molar-refractivity contribution in [3.05, 3.63) is 71.5 Å². The van der Waals surface area contributed by atoms with Crippen LogP contribution in [0, 0.1) is 13.0 Å². The molecule has 0 spiro atoms. The molecular formula is C21H24N3O. The van der Waals surface area contributed by atoms with Crippen molar-refractivity contribution in [2.45, 2.75) is 13.3 Å². The molecule has 129 valence electrons. The van der Waals surface area contributed by atoms with E-state index in [1.54, 1.807) is 0 Å². The fraction of sp³-hybridized carbons (Fsp3) is 0.286. The number of hydrogen-bond donors (Lipinski definition) is 1. The Hall–Kier alpha value is -2.59. The van der Waals surface area contributed by atoms with Crippen LogP contribution in [0.25, 0.3) is 11.1 Å². The van der Waals surface area contributed by atoms with Gasteiger partial charge in [-0.15, -0.1) is 0 Å². The fourth-order valence-electron chi connectivity index (χ4n) is 2.81. The quantitative estimate of drug-likeness (QED) is 0.716. The third kappa shape index (κ3) is 4.28. The topological polar surface area (TPSA) is 41.1 Å². The molecule has 0 aliphatic carbocycles. The second kappa shape index (κ2) is 7.99. The van der Waals surface area contributed by atoms with Crippen molar-refractivity contribution in [3.63, 3.8) is 0 Å². The predicted molar refractivity (Wildman–Crippen MR) is 101 cm³/mol. The first-order chi connectivity index (χ1) is 12.1. The summed E-state index contributed by atoms with van der Waals surface area (Å²) in [6.07, 6.45) is 4.57.